The van der Waals surface area contributed by atoms with Crippen molar-refractivity contribution in [1.29, 1.82) is 0 Å². The Kier molecular flexibility index (Phi) is 6.84. The van der Waals surface area contributed by atoms with Crippen LogP contribution in [0.15, 0.2) is 42.6 Å². The molecule has 1 aromatic carbocycles. The number of anilines is 2. The van der Waals surface area contributed by atoms with Crippen LogP contribution in [0.5, 0.6) is 0 Å². The minimum Gasteiger partial charge on any atom is -0.390 e. The van der Waals surface area contributed by atoms with Gasteiger partial charge < -0.3 is 26.0 Å². The van der Waals surface area contributed by atoms with E-state index >= 15 is 0 Å². The second-order valence-corrected chi connectivity index (χ2v) is 11.2. The Morgan fingerprint density at radius 2 is 1.76 bits per heavy atom. The van der Waals surface area contributed by atoms with Crippen LogP contribution in [0.3, 0.4) is 0 Å². The van der Waals surface area contributed by atoms with Gasteiger partial charge in [0.15, 0.2) is 0 Å². The maximum atomic E-state index is 10.9. The zero-order chi connectivity index (χ0) is 26.3. The molecule has 5 N–H and O–H groups in total. The summed E-state index contributed by atoms with van der Waals surface area (Å²) in [6, 6.07) is 11.4. The number of aliphatic hydroxyl groups excluding tert-OH is 2. The Labute approximate surface area is 219 Å². The number of fused-ring (bicyclic) bond motifs is 1. The smallest absolute Gasteiger partial charge is 0.225 e. The van der Waals surface area contributed by atoms with Gasteiger partial charge in [-0.15, -0.1) is 11.3 Å². The molecule has 37 heavy (non-hydrogen) atoms. The van der Waals surface area contributed by atoms with Crippen molar-refractivity contribution in [3.8, 4) is 10.6 Å². The molecule has 3 aromatic heterocycles. The summed E-state index contributed by atoms with van der Waals surface area (Å²) >= 11 is 1.53. The standard InChI is InChI=1S/C27H32N6O3S/c1-14-20(25-32-21-15(2)28-11-10-19(21)37-25)24(31-18-12-17(27(3,4)36)22(34)23(18)35)33-26(30-14)29-13-16-8-6-5-7-9-16/h5-11,17-18,22-23,34-36H,12-13H2,1-4H3,(H2,29,30,31,33)/t17-,18+,22+,23-/m0/s1. The highest BCUT2D eigenvalue weighted by Gasteiger charge is 2.48. The van der Waals surface area contributed by atoms with Gasteiger partial charge in [-0.05, 0) is 45.7 Å². The van der Waals surface area contributed by atoms with Gasteiger partial charge >= 0.3 is 0 Å². The van der Waals surface area contributed by atoms with Crippen molar-refractivity contribution in [3.05, 3.63) is 59.5 Å². The van der Waals surface area contributed by atoms with E-state index in [9.17, 15) is 15.3 Å². The Balaban J connectivity index is 1.53. The normalized spacial score (nSPS) is 21.9. The molecule has 0 aliphatic heterocycles. The molecule has 0 saturated heterocycles. The number of nitrogens with zero attached hydrogens (tertiary/aromatic N) is 4. The molecule has 0 amide bonds. The number of pyridine rings is 1. The number of benzene rings is 1. The van der Waals surface area contributed by atoms with Gasteiger partial charge in [0.2, 0.25) is 5.95 Å². The number of nitrogens with one attached hydrogen (secondary N) is 2. The van der Waals surface area contributed by atoms with E-state index in [2.05, 4.69) is 15.6 Å². The van der Waals surface area contributed by atoms with Crippen molar-refractivity contribution in [3.63, 3.8) is 0 Å². The SMILES string of the molecule is Cc1nc(NCc2ccccc2)nc(N[C@@H]2C[C@H](C(C)(C)O)[C@@H](O)[C@H]2O)c1-c1nc2c(C)nccc2s1. The fraction of sp³-hybridized carbons (Fsp3) is 0.407. The largest absolute Gasteiger partial charge is 0.390 e. The van der Waals surface area contributed by atoms with Crippen LogP contribution in [0.2, 0.25) is 0 Å². The van der Waals surface area contributed by atoms with E-state index in [1.165, 1.54) is 11.3 Å². The van der Waals surface area contributed by atoms with Gasteiger partial charge in [-0.25, -0.2) is 9.97 Å². The third-order valence-corrected chi connectivity index (χ3v) is 8.04. The maximum absolute atomic E-state index is 10.9. The third-order valence-electron chi connectivity index (χ3n) is 7.00. The van der Waals surface area contributed by atoms with Crippen LogP contribution in [-0.4, -0.2) is 59.1 Å². The highest BCUT2D eigenvalue weighted by molar-refractivity contribution is 7.21. The number of aromatic nitrogens is 4. The van der Waals surface area contributed by atoms with Crippen LogP contribution in [0, 0.1) is 19.8 Å². The second kappa shape index (κ2) is 9.94. The average molecular weight is 521 g/mol. The van der Waals surface area contributed by atoms with Crippen LogP contribution in [-0.2, 0) is 6.54 Å². The van der Waals surface area contributed by atoms with Crippen LogP contribution >= 0.6 is 11.3 Å². The first kappa shape index (κ1) is 25.5. The predicted octanol–water partition coefficient (Wildman–Crippen LogP) is 3.67. The molecule has 1 aliphatic carbocycles. The Morgan fingerprint density at radius 1 is 1.00 bits per heavy atom. The summed E-state index contributed by atoms with van der Waals surface area (Å²) in [5.74, 6) is 0.470. The molecule has 1 fully saturated rings. The topological polar surface area (TPSA) is 136 Å². The average Bonchev–Trinajstić information content (AvgIpc) is 3.40. The molecule has 3 heterocycles. The lowest BCUT2D eigenvalue weighted by molar-refractivity contribution is -0.0601. The van der Waals surface area contributed by atoms with Crippen molar-refractivity contribution in [1.82, 2.24) is 19.9 Å². The fourth-order valence-electron chi connectivity index (χ4n) is 4.93. The molecule has 10 heteroatoms. The van der Waals surface area contributed by atoms with E-state index in [0.717, 1.165) is 37.7 Å². The van der Waals surface area contributed by atoms with Crippen LogP contribution in [0.25, 0.3) is 20.8 Å². The number of thiazole rings is 1. The molecule has 1 saturated carbocycles. The lowest BCUT2D eigenvalue weighted by atomic mass is 9.88. The minimum atomic E-state index is -1.14. The molecule has 0 bridgehead atoms. The molecule has 0 radical (unpaired) electrons. The van der Waals surface area contributed by atoms with Gasteiger partial charge in [0.25, 0.3) is 0 Å². The third kappa shape index (κ3) is 5.15. The summed E-state index contributed by atoms with van der Waals surface area (Å²) in [6.07, 6.45) is 0.0216. The first-order valence-corrected chi connectivity index (χ1v) is 13.2. The van der Waals surface area contributed by atoms with Crippen molar-refractivity contribution < 1.29 is 15.3 Å². The van der Waals surface area contributed by atoms with Crippen molar-refractivity contribution in [2.75, 3.05) is 10.6 Å². The summed E-state index contributed by atoms with van der Waals surface area (Å²) in [5.41, 5.74) is 3.10. The van der Waals surface area contributed by atoms with E-state index in [-0.39, 0.29) is 0 Å². The molecule has 194 valence electrons. The molecular formula is C27H32N6O3S. The van der Waals surface area contributed by atoms with E-state index in [1.54, 1.807) is 20.0 Å². The molecule has 0 unspecified atom stereocenters. The first-order valence-electron chi connectivity index (χ1n) is 12.4. The maximum Gasteiger partial charge on any atom is 0.225 e. The lowest BCUT2D eigenvalue weighted by Gasteiger charge is -2.28. The number of rotatable bonds is 7. The van der Waals surface area contributed by atoms with E-state index in [0.29, 0.717) is 24.7 Å². The Morgan fingerprint density at radius 3 is 2.43 bits per heavy atom. The highest BCUT2D eigenvalue weighted by atomic mass is 32.1. The van der Waals surface area contributed by atoms with Gasteiger partial charge in [-0.3, -0.25) is 4.98 Å². The number of aryl methyl sites for hydroxylation is 2. The van der Waals surface area contributed by atoms with Gasteiger partial charge in [0.05, 0.1) is 39.4 Å². The number of hydrogen-bond donors (Lipinski definition) is 5. The second-order valence-electron chi connectivity index (χ2n) is 10.2. The molecule has 9 nitrogen and oxygen atoms in total. The first-order chi connectivity index (χ1) is 17.6. The molecule has 1 aliphatic rings. The summed E-state index contributed by atoms with van der Waals surface area (Å²) in [6.45, 7) is 7.69. The zero-order valence-electron chi connectivity index (χ0n) is 21.3. The Bertz CT molecular complexity index is 1400. The summed E-state index contributed by atoms with van der Waals surface area (Å²) in [5, 5.41) is 39.5. The fourth-order valence-corrected chi connectivity index (χ4v) is 6.04. The summed E-state index contributed by atoms with van der Waals surface area (Å²) in [4.78, 5) is 18.7. The van der Waals surface area contributed by atoms with E-state index in [1.807, 2.05) is 50.2 Å². The monoisotopic (exact) mass is 520 g/mol. The van der Waals surface area contributed by atoms with Crippen LogP contribution in [0.4, 0.5) is 11.8 Å². The van der Waals surface area contributed by atoms with Gasteiger partial charge in [0.1, 0.15) is 22.4 Å². The van der Waals surface area contributed by atoms with E-state index in [4.69, 9.17) is 15.0 Å². The number of hydrogen-bond acceptors (Lipinski definition) is 10. The summed E-state index contributed by atoms with van der Waals surface area (Å²) < 4.78 is 1.01. The molecule has 4 aromatic rings. The minimum absolute atomic E-state index is 0.379. The zero-order valence-corrected chi connectivity index (χ0v) is 22.1. The highest BCUT2D eigenvalue weighted by Crippen LogP contribution is 2.40. The molecule has 0 spiro atoms. The molecule has 5 rings (SSSR count). The van der Waals surface area contributed by atoms with Gasteiger partial charge in [-0.1, -0.05) is 30.3 Å². The van der Waals surface area contributed by atoms with E-state index < -0.39 is 29.8 Å². The predicted molar refractivity (Wildman–Crippen MR) is 146 cm³/mol. The van der Waals surface area contributed by atoms with Gasteiger partial charge in [0, 0.05) is 18.7 Å². The molecule has 4 atom stereocenters. The van der Waals surface area contributed by atoms with Crippen LogP contribution in [0.1, 0.15) is 37.2 Å². The lowest BCUT2D eigenvalue weighted by Crippen LogP contribution is -2.40. The van der Waals surface area contributed by atoms with Crippen LogP contribution < -0.4 is 10.6 Å². The number of aliphatic hydroxyl groups is 3. The van der Waals surface area contributed by atoms with Gasteiger partial charge in [-0.2, -0.15) is 4.98 Å². The Hall–Kier alpha value is -3.18. The van der Waals surface area contributed by atoms with Crippen molar-refractivity contribution >= 4 is 33.3 Å². The van der Waals surface area contributed by atoms with Crippen molar-refractivity contribution in [2.45, 2.75) is 64.5 Å². The quantitative estimate of drug-likeness (QED) is 0.247. The summed E-state index contributed by atoms with van der Waals surface area (Å²) in [7, 11) is 0. The molecular weight excluding hydrogens is 488 g/mol. The van der Waals surface area contributed by atoms with Crippen molar-refractivity contribution in [2.24, 2.45) is 5.92 Å².